The minimum Gasteiger partial charge on any atom is -0.454 e. The maximum absolute atomic E-state index is 12.4. The van der Waals surface area contributed by atoms with Gasteiger partial charge in [0, 0.05) is 38.4 Å². The molecule has 3 heterocycles. The molecule has 0 bridgehead atoms. The van der Waals surface area contributed by atoms with Crippen molar-refractivity contribution in [2.75, 3.05) is 31.7 Å². The summed E-state index contributed by atoms with van der Waals surface area (Å²) in [6.45, 7) is 4.75. The molecule has 1 N–H and O–H groups in total. The van der Waals surface area contributed by atoms with Crippen molar-refractivity contribution in [1.29, 1.82) is 0 Å². The fraction of sp³-hybridized carbons (Fsp3) is 0.429. The summed E-state index contributed by atoms with van der Waals surface area (Å²) in [5.41, 5.74) is 2.27. The van der Waals surface area contributed by atoms with Gasteiger partial charge in [0.2, 0.25) is 12.7 Å². The monoisotopic (exact) mass is 367 g/mol. The van der Waals surface area contributed by atoms with Gasteiger partial charge in [0.1, 0.15) is 0 Å². The number of hydrogen-bond donors (Lipinski definition) is 1. The van der Waals surface area contributed by atoms with E-state index in [4.69, 9.17) is 9.47 Å². The van der Waals surface area contributed by atoms with Crippen LogP contribution >= 0.6 is 0 Å². The smallest absolute Gasteiger partial charge is 0.231 e. The molecule has 2 aromatic rings. The summed E-state index contributed by atoms with van der Waals surface area (Å²) >= 11 is 0. The summed E-state index contributed by atoms with van der Waals surface area (Å²) in [6.07, 6.45) is 5.98. The molecule has 0 radical (unpaired) electrons. The van der Waals surface area contributed by atoms with Crippen molar-refractivity contribution in [2.45, 2.75) is 26.2 Å². The Kier molecular flexibility index (Phi) is 4.88. The molecular formula is C21H25N3O3. The van der Waals surface area contributed by atoms with Gasteiger partial charge in [0.05, 0.1) is 5.69 Å². The SMILES string of the molecule is CC1(Cc2ccc3c(c2)OCO3)CCC(=O)N(CCNc2cccnc2)C1. The van der Waals surface area contributed by atoms with Crippen LogP contribution in [0.4, 0.5) is 5.69 Å². The van der Waals surface area contributed by atoms with Crippen molar-refractivity contribution < 1.29 is 14.3 Å². The molecule has 142 valence electrons. The molecule has 6 heteroatoms. The van der Waals surface area contributed by atoms with Gasteiger partial charge in [-0.1, -0.05) is 13.0 Å². The van der Waals surface area contributed by atoms with E-state index in [0.717, 1.165) is 43.1 Å². The highest BCUT2D eigenvalue weighted by Crippen LogP contribution is 2.37. The number of aromatic nitrogens is 1. The Labute approximate surface area is 159 Å². The van der Waals surface area contributed by atoms with Crippen LogP contribution in [0.15, 0.2) is 42.7 Å². The lowest BCUT2D eigenvalue weighted by molar-refractivity contribution is -0.136. The van der Waals surface area contributed by atoms with Crippen molar-refractivity contribution in [3.8, 4) is 11.5 Å². The largest absolute Gasteiger partial charge is 0.454 e. The molecular weight excluding hydrogens is 342 g/mol. The van der Waals surface area contributed by atoms with E-state index in [9.17, 15) is 4.79 Å². The Balaban J connectivity index is 1.36. The van der Waals surface area contributed by atoms with E-state index in [2.05, 4.69) is 29.4 Å². The van der Waals surface area contributed by atoms with Gasteiger partial charge >= 0.3 is 0 Å². The fourth-order valence-electron chi connectivity index (χ4n) is 3.89. The topological polar surface area (TPSA) is 63.7 Å². The molecule has 2 aliphatic rings. The number of anilines is 1. The molecule has 1 aromatic carbocycles. The second kappa shape index (κ2) is 7.47. The summed E-state index contributed by atoms with van der Waals surface area (Å²) in [4.78, 5) is 18.5. The molecule has 4 rings (SSSR count). The lowest BCUT2D eigenvalue weighted by atomic mass is 9.76. The van der Waals surface area contributed by atoms with Gasteiger partial charge in [0.15, 0.2) is 11.5 Å². The van der Waals surface area contributed by atoms with Crippen LogP contribution in [0.5, 0.6) is 11.5 Å². The number of benzene rings is 1. The van der Waals surface area contributed by atoms with Crippen molar-refractivity contribution in [2.24, 2.45) is 5.41 Å². The van der Waals surface area contributed by atoms with E-state index in [1.807, 2.05) is 23.1 Å². The third kappa shape index (κ3) is 4.15. The number of ether oxygens (including phenoxy) is 2. The van der Waals surface area contributed by atoms with E-state index in [-0.39, 0.29) is 11.3 Å². The highest BCUT2D eigenvalue weighted by atomic mass is 16.7. The molecule has 27 heavy (non-hydrogen) atoms. The van der Waals surface area contributed by atoms with Crippen molar-refractivity contribution in [1.82, 2.24) is 9.88 Å². The number of rotatable bonds is 6. The Morgan fingerprint density at radius 1 is 1.26 bits per heavy atom. The van der Waals surface area contributed by atoms with Crippen LogP contribution in [0.1, 0.15) is 25.3 Å². The van der Waals surface area contributed by atoms with Crippen molar-refractivity contribution in [3.05, 3.63) is 48.3 Å². The Morgan fingerprint density at radius 2 is 2.15 bits per heavy atom. The van der Waals surface area contributed by atoms with Crippen LogP contribution in [-0.4, -0.2) is 42.2 Å². The molecule has 1 atom stereocenters. The zero-order valence-electron chi connectivity index (χ0n) is 15.6. The summed E-state index contributed by atoms with van der Waals surface area (Å²) in [5.74, 6) is 1.87. The lowest BCUT2D eigenvalue weighted by Crippen LogP contribution is -2.47. The number of hydrogen-bond acceptors (Lipinski definition) is 5. The standard InChI is InChI=1S/C21H25N3O3/c1-21(12-16-4-5-18-19(11-16)27-15-26-18)7-6-20(25)24(14-21)10-9-23-17-3-2-8-22-13-17/h2-5,8,11,13,23H,6-7,9-10,12,14-15H2,1H3. The van der Waals surface area contributed by atoms with E-state index in [0.29, 0.717) is 19.8 Å². The number of amides is 1. The maximum atomic E-state index is 12.4. The molecule has 0 aliphatic carbocycles. The summed E-state index contributed by atoms with van der Waals surface area (Å²) in [7, 11) is 0. The van der Waals surface area contributed by atoms with Gasteiger partial charge in [-0.05, 0) is 48.1 Å². The average molecular weight is 367 g/mol. The molecule has 1 unspecified atom stereocenters. The number of nitrogens with one attached hydrogen (secondary N) is 1. The molecule has 0 saturated carbocycles. The van der Waals surface area contributed by atoms with Crippen molar-refractivity contribution in [3.63, 3.8) is 0 Å². The van der Waals surface area contributed by atoms with E-state index >= 15 is 0 Å². The van der Waals surface area contributed by atoms with Gasteiger partial charge in [-0.25, -0.2) is 0 Å². The van der Waals surface area contributed by atoms with Crippen LogP contribution in [0.25, 0.3) is 0 Å². The third-order valence-electron chi connectivity index (χ3n) is 5.31. The number of pyridine rings is 1. The summed E-state index contributed by atoms with van der Waals surface area (Å²) in [5, 5.41) is 3.33. The molecule has 1 aromatic heterocycles. The summed E-state index contributed by atoms with van der Waals surface area (Å²) in [6, 6.07) is 10.0. The molecule has 0 spiro atoms. The van der Waals surface area contributed by atoms with Gasteiger partial charge < -0.3 is 19.7 Å². The lowest BCUT2D eigenvalue weighted by Gasteiger charge is -2.40. The Hall–Kier alpha value is -2.76. The fourth-order valence-corrected chi connectivity index (χ4v) is 3.89. The summed E-state index contributed by atoms with van der Waals surface area (Å²) < 4.78 is 10.9. The average Bonchev–Trinajstić information content (AvgIpc) is 3.13. The van der Waals surface area contributed by atoms with Gasteiger partial charge in [-0.15, -0.1) is 0 Å². The first kappa shape index (κ1) is 17.6. The zero-order chi connectivity index (χ0) is 18.7. The Bertz CT molecular complexity index is 812. The third-order valence-corrected chi connectivity index (χ3v) is 5.31. The zero-order valence-corrected chi connectivity index (χ0v) is 15.6. The van der Waals surface area contributed by atoms with Gasteiger partial charge in [-0.2, -0.15) is 0 Å². The molecule has 1 amide bonds. The second-order valence-corrected chi connectivity index (χ2v) is 7.66. The number of piperidine rings is 1. The first-order valence-corrected chi connectivity index (χ1v) is 9.42. The van der Waals surface area contributed by atoms with Crippen LogP contribution in [0.2, 0.25) is 0 Å². The maximum Gasteiger partial charge on any atom is 0.231 e. The number of carbonyl (C=O) groups excluding carboxylic acids is 1. The van der Waals surface area contributed by atoms with E-state index in [1.54, 1.807) is 12.4 Å². The van der Waals surface area contributed by atoms with Crippen molar-refractivity contribution >= 4 is 11.6 Å². The second-order valence-electron chi connectivity index (χ2n) is 7.66. The van der Waals surface area contributed by atoms with Gasteiger partial charge in [-0.3, -0.25) is 9.78 Å². The molecule has 1 fully saturated rings. The number of carbonyl (C=O) groups is 1. The number of likely N-dealkylation sites (tertiary alicyclic amines) is 1. The van der Waals surface area contributed by atoms with E-state index < -0.39 is 0 Å². The Morgan fingerprint density at radius 3 is 3.00 bits per heavy atom. The highest BCUT2D eigenvalue weighted by molar-refractivity contribution is 5.77. The van der Waals surface area contributed by atoms with E-state index in [1.165, 1.54) is 5.56 Å². The molecule has 2 aliphatic heterocycles. The van der Waals surface area contributed by atoms with Gasteiger partial charge in [0.25, 0.3) is 0 Å². The molecule has 1 saturated heterocycles. The van der Waals surface area contributed by atoms with Crippen LogP contribution in [-0.2, 0) is 11.2 Å². The number of fused-ring (bicyclic) bond motifs is 1. The predicted molar refractivity (Wildman–Crippen MR) is 103 cm³/mol. The highest BCUT2D eigenvalue weighted by Gasteiger charge is 2.35. The normalized spacial score (nSPS) is 21.4. The van der Waals surface area contributed by atoms with Crippen LogP contribution < -0.4 is 14.8 Å². The predicted octanol–water partition coefficient (Wildman–Crippen LogP) is 3.09. The van der Waals surface area contributed by atoms with Crippen LogP contribution in [0.3, 0.4) is 0 Å². The van der Waals surface area contributed by atoms with Crippen LogP contribution in [0, 0.1) is 5.41 Å². The number of nitrogens with zero attached hydrogens (tertiary/aromatic N) is 2. The minimum absolute atomic E-state index is 0.0654. The first-order valence-electron chi connectivity index (χ1n) is 9.42. The quantitative estimate of drug-likeness (QED) is 0.850. The first-order chi connectivity index (χ1) is 13.1. The minimum atomic E-state index is 0.0654. The molecule has 6 nitrogen and oxygen atoms in total.